The summed E-state index contributed by atoms with van der Waals surface area (Å²) in [5, 5.41) is 0. The first-order valence-corrected chi connectivity index (χ1v) is 6.24. The molecular weight excluding hydrogens is 200 g/mol. The van der Waals surface area contributed by atoms with Gasteiger partial charge >= 0.3 is 0 Å². The van der Waals surface area contributed by atoms with E-state index >= 15 is 0 Å². The number of carbonyl (C=O) groups is 1. The largest absolute Gasteiger partial charge is 0.341 e. The van der Waals surface area contributed by atoms with Gasteiger partial charge in [0.1, 0.15) is 0 Å². The Morgan fingerprint density at radius 1 is 1.56 bits per heavy atom. The number of amides is 1. The Morgan fingerprint density at radius 3 is 2.62 bits per heavy atom. The van der Waals surface area contributed by atoms with Crippen LogP contribution in [0.25, 0.3) is 0 Å². The highest BCUT2D eigenvalue weighted by Gasteiger charge is 2.37. The second kappa shape index (κ2) is 5.48. The fraction of sp³-hybridized carbons (Fsp3) is 0.769. The minimum atomic E-state index is -0.401. The van der Waals surface area contributed by atoms with Crippen LogP contribution in [-0.2, 0) is 4.79 Å². The number of nitrogens with zero attached hydrogens (tertiary/aromatic N) is 1. The van der Waals surface area contributed by atoms with Crippen LogP contribution >= 0.6 is 0 Å². The van der Waals surface area contributed by atoms with Crippen LogP contribution in [0.1, 0.15) is 39.5 Å². The lowest BCUT2D eigenvalue weighted by Gasteiger charge is -2.27. The molecule has 0 saturated carbocycles. The van der Waals surface area contributed by atoms with E-state index in [1.165, 1.54) is 0 Å². The first kappa shape index (κ1) is 13.2. The van der Waals surface area contributed by atoms with Gasteiger partial charge in [-0.25, -0.2) is 0 Å². The summed E-state index contributed by atoms with van der Waals surface area (Å²) in [5.74, 6) is 0.0867. The zero-order chi connectivity index (χ0) is 12.2. The smallest absolute Gasteiger partial charge is 0.239 e. The van der Waals surface area contributed by atoms with Gasteiger partial charge in [-0.3, -0.25) is 4.79 Å². The number of nitrogens with two attached hydrogens (primary N) is 1. The van der Waals surface area contributed by atoms with Gasteiger partial charge in [0.15, 0.2) is 0 Å². The van der Waals surface area contributed by atoms with E-state index in [-0.39, 0.29) is 5.91 Å². The number of carbonyl (C=O) groups excluding carboxylic acids is 1. The lowest BCUT2D eigenvalue weighted by molar-refractivity contribution is -0.131. The summed E-state index contributed by atoms with van der Waals surface area (Å²) in [4.78, 5) is 13.9. The summed E-state index contributed by atoms with van der Waals surface area (Å²) in [6, 6.07) is -0.401. The molecule has 1 heterocycles. The Labute approximate surface area is 98.7 Å². The van der Waals surface area contributed by atoms with E-state index < -0.39 is 6.04 Å². The lowest BCUT2D eigenvalue weighted by Crippen LogP contribution is -2.43. The topological polar surface area (TPSA) is 46.3 Å². The standard InChI is InChI=1S/C13H24N2O/c1-4-7-11(14)12(16)15-9-8-13(5-2,6-3)10-15/h4,11H,1,5-10,14H2,2-3H3. The van der Waals surface area contributed by atoms with E-state index in [4.69, 9.17) is 5.73 Å². The van der Waals surface area contributed by atoms with Gasteiger partial charge in [0.25, 0.3) is 0 Å². The molecule has 3 nitrogen and oxygen atoms in total. The van der Waals surface area contributed by atoms with Crippen LogP contribution < -0.4 is 5.73 Å². The fourth-order valence-corrected chi connectivity index (χ4v) is 2.47. The Bertz CT molecular complexity index is 259. The fourth-order valence-electron chi connectivity index (χ4n) is 2.47. The molecule has 1 rings (SSSR count). The van der Waals surface area contributed by atoms with Gasteiger partial charge in [-0.2, -0.15) is 0 Å². The van der Waals surface area contributed by atoms with Crippen molar-refractivity contribution in [2.45, 2.75) is 45.6 Å². The maximum absolute atomic E-state index is 12.0. The van der Waals surface area contributed by atoms with Crippen molar-refractivity contribution in [1.29, 1.82) is 0 Å². The Morgan fingerprint density at radius 2 is 2.19 bits per heavy atom. The molecule has 0 bridgehead atoms. The van der Waals surface area contributed by atoms with Crippen molar-refractivity contribution in [1.82, 2.24) is 4.90 Å². The molecule has 1 atom stereocenters. The molecule has 0 aromatic carbocycles. The van der Waals surface area contributed by atoms with Crippen molar-refractivity contribution in [3.05, 3.63) is 12.7 Å². The Kier molecular flexibility index (Phi) is 4.54. The number of hydrogen-bond donors (Lipinski definition) is 1. The molecule has 0 aromatic rings. The van der Waals surface area contributed by atoms with Gasteiger partial charge in [0.05, 0.1) is 6.04 Å². The predicted molar refractivity (Wildman–Crippen MR) is 67.0 cm³/mol. The minimum absolute atomic E-state index is 0.0867. The molecule has 0 spiro atoms. The van der Waals surface area contributed by atoms with E-state index in [1.54, 1.807) is 6.08 Å². The van der Waals surface area contributed by atoms with Crippen LogP contribution in [0.15, 0.2) is 12.7 Å². The molecule has 1 aliphatic rings. The molecule has 0 radical (unpaired) electrons. The quantitative estimate of drug-likeness (QED) is 0.725. The number of likely N-dealkylation sites (tertiary alicyclic amines) is 1. The highest BCUT2D eigenvalue weighted by molar-refractivity contribution is 5.82. The third-order valence-corrected chi connectivity index (χ3v) is 3.99. The summed E-state index contributed by atoms with van der Waals surface area (Å²) in [7, 11) is 0. The zero-order valence-corrected chi connectivity index (χ0v) is 10.5. The third kappa shape index (κ3) is 2.64. The molecule has 1 amide bonds. The summed E-state index contributed by atoms with van der Waals surface area (Å²) in [5.41, 5.74) is 6.15. The van der Waals surface area contributed by atoms with Crippen molar-refractivity contribution in [2.24, 2.45) is 11.1 Å². The molecule has 1 saturated heterocycles. The van der Waals surface area contributed by atoms with Crippen LogP contribution in [0.2, 0.25) is 0 Å². The van der Waals surface area contributed by atoms with Crippen LogP contribution in [0.3, 0.4) is 0 Å². The van der Waals surface area contributed by atoms with Gasteiger partial charge in [0.2, 0.25) is 5.91 Å². The molecule has 3 heteroatoms. The first-order valence-electron chi connectivity index (χ1n) is 6.24. The van der Waals surface area contributed by atoms with Crippen LogP contribution in [0.5, 0.6) is 0 Å². The van der Waals surface area contributed by atoms with Crippen LogP contribution in [0.4, 0.5) is 0 Å². The van der Waals surface area contributed by atoms with Crippen molar-refractivity contribution < 1.29 is 4.79 Å². The van der Waals surface area contributed by atoms with Crippen molar-refractivity contribution >= 4 is 5.91 Å². The highest BCUT2D eigenvalue weighted by Crippen LogP contribution is 2.37. The maximum Gasteiger partial charge on any atom is 0.239 e. The van der Waals surface area contributed by atoms with E-state index in [1.807, 2.05) is 4.90 Å². The molecule has 16 heavy (non-hydrogen) atoms. The molecule has 1 aliphatic heterocycles. The summed E-state index contributed by atoms with van der Waals surface area (Å²) < 4.78 is 0. The summed E-state index contributed by atoms with van der Waals surface area (Å²) in [6.45, 7) is 9.78. The maximum atomic E-state index is 12.0. The van der Waals surface area contributed by atoms with Gasteiger partial charge < -0.3 is 10.6 Å². The molecule has 0 aromatic heterocycles. The normalized spacial score (nSPS) is 20.8. The van der Waals surface area contributed by atoms with Crippen molar-refractivity contribution in [2.75, 3.05) is 13.1 Å². The molecule has 0 aliphatic carbocycles. The molecule has 92 valence electrons. The zero-order valence-electron chi connectivity index (χ0n) is 10.5. The van der Waals surface area contributed by atoms with Crippen molar-refractivity contribution in [3.63, 3.8) is 0 Å². The Hall–Kier alpha value is -0.830. The molecule has 2 N–H and O–H groups in total. The number of hydrogen-bond acceptors (Lipinski definition) is 2. The minimum Gasteiger partial charge on any atom is -0.341 e. The van der Waals surface area contributed by atoms with E-state index in [0.29, 0.717) is 11.8 Å². The van der Waals surface area contributed by atoms with Gasteiger partial charge in [0, 0.05) is 13.1 Å². The SMILES string of the molecule is C=CCC(N)C(=O)N1CCC(CC)(CC)C1. The van der Waals surface area contributed by atoms with Gasteiger partial charge in [-0.1, -0.05) is 19.9 Å². The van der Waals surface area contributed by atoms with Gasteiger partial charge in [-0.05, 0) is 31.1 Å². The monoisotopic (exact) mass is 224 g/mol. The third-order valence-electron chi connectivity index (χ3n) is 3.99. The van der Waals surface area contributed by atoms with E-state index in [0.717, 1.165) is 32.4 Å². The van der Waals surface area contributed by atoms with Crippen LogP contribution in [-0.4, -0.2) is 29.9 Å². The lowest BCUT2D eigenvalue weighted by atomic mass is 9.82. The van der Waals surface area contributed by atoms with Crippen LogP contribution in [0, 0.1) is 5.41 Å². The second-order valence-electron chi connectivity index (χ2n) is 4.85. The average molecular weight is 224 g/mol. The summed E-state index contributed by atoms with van der Waals surface area (Å²) >= 11 is 0. The first-order chi connectivity index (χ1) is 7.58. The molecular formula is C13H24N2O. The predicted octanol–water partition coefficient (Wildman–Crippen LogP) is 1.93. The number of rotatable bonds is 5. The molecule has 1 unspecified atom stereocenters. The highest BCUT2D eigenvalue weighted by atomic mass is 16.2. The van der Waals surface area contributed by atoms with Gasteiger partial charge in [-0.15, -0.1) is 6.58 Å². The molecule has 1 fully saturated rings. The van der Waals surface area contributed by atoms with E-state index in [2.05, 4.69) is 20.4 Å². The average Bonchev–Trinajstić information content (AvgIpc) is 2.73. The summed E-state index contributed by atoms with van der Waals surface area (Å²) in [6.07, 6.45) is 5.69. The second-order valence-corrected chi connectivity index (χ2v) is 4.85. The van der Waals surface area contributed by atoms with Crippen molar-refractivity contribution in [3.8, 4) is 0 Å². The van der Waals surface area contributed by atoms with E-state index in [9.17, 15) is 4.79 Å². The Balaban J connectivity index is 2.58.